The van der Waals surface area contributed by atoms with Gasteiger partial charge in [-0.15, -0.1) is 11.8 Å². The van der Waals surface area contributed by atoms with Gasteiger partial charge in [0.2, 0.25) is 0 Å². The Morgan fingerprint density at radius 1 is 0.696 bits per heavy atom. The molecule has 1 N–H and O–H groups in total. The second-order valence-corrected chi connectivity index (χ2v) is 12.2. The van der Waals surface area contributed by atoms with Gasteiger partial charge in [-0.1, -0.05) is 121 Å². The van der Waals surface area contributed by atoms with Gasteiger partial charge in [-0.2, -0.15) is 0 Å². The van der Waals surface area contributed by atoms with Crippen LogP contribution in [0.2, 0.25) is 0 Å². The number of carbonyl (C=O) groups is 2. The average Bonchev–Trinajstić information content (AvgIpc) is 3.44. The number of amides is 1. The van der Waals surface area contributed by atoms with E-state index in [1.165, 1.54) is 7.11 Å². The largest absolute Gasteiger partial charge is 0.497 e. The van der Waals surface area contributed by atoms with Crippen LogP contribution in [0.5, 0.6) is 5.75 Å². The number of methoxy groups -OCH3 is 2. The number of ether oxygens (including phenoxy) is 3. The number of hydrogen-bond acceptors (Lipinski definition) is 6. The molecule has 6 rings (SSSR count). The highest BCUT2D eigenvalue weighted by molar-refractivity contribution is 8.00. The standard InChI is InChI=1S/C39H35NO5S/c1-43-30-23-21-29(22-24-30)39(27-13-5-3-6-14-27,28-15-7-4-8-16-28)46-26-36(37(41)44-2)40-38(42)45-25-35-33-19-11-9-17-31(33)32-18-10-12-20-34(32)35/h3-24,35-36H,25-26H2,1-2H3,(H,40,42)/t36-/m0/s1. The molecule has 0 saturated heterocycles. The van der Waals surface area contributed by atoms with Gasteiger partial charge in [0, 0.05) is 11.7 Å². The van der Waals surface area contributed by atoms with Crippen LogP contribution in [0.1, 0.15) is 33.7 Å². The normalized spacial score (nSPS) is 12.8. The van der Waals surface area contributed by atoms with Crippen molar-refractivity contribution in [3.8, 4) is 16.9 Å². The number of hydrogen-bond donors (Lipinski definition) is 1. The molecule has 1 atom stereocenters. The molecule has 0 fully saturated rings. The number of rotatable bonds is 11. The Kier molecular flexibility index (Phi) is 9.41. The lowest BCUT2D eigenvalue weighted by Gasteiger charge is -2.36. The van der Waals surface area contributed by atoms with Gasteiger partial charge in [-0.05, 0) is 51.1 Å². The summed E-state index contributed by atoms with van der Waals surface area (Å²) in [6.45, 7) is 0.144. The minimum atomic E-state index is -0.962. The second kappa shape index (κ2) is 14.0. The third-order valence-electron chi connectivity index (χ3n) is 8.45. The minimum absolute atomic E-state index is 0.0945. The van der Waals surface area contributed by atoms with Crippen molar-refractivity contribution in [1.29, 1.82) is 0 Å². The maximum absolute atomic E-state index is 13.3. The van der Waals surface area contributed by atoms with E-state index in [2.05, 4.69) is 53.8 Å². The SMILES string of the molecule is COC(=O)[C@H](CSC(c1ccccc1)(c1ccccc1)c1ccc(OC)cc1)NC(=O)OCC1c2ccccc2-c2ccccc21. The summed E-state index contributed by atoms with van der Waals surface area (Å²) in [5.41, 5.74) is 7.58. The quantitative estimate of drug-likeness (QED) is 0.119. The fourth-order valence-electron chi connectivity index (χ4n) is 6.22. The number of nitrogens with one attached hydrogen (secondary N) is 1. The summed E-state index contributed by atoms with van der Waals surface area (Å²) in [6, 6.07) is 43.6. The molecular formula is C39H35NO5S. The number of thioether (sulfide) groups is 1. The molecule has 0 heterocycles. The molecule has 1 aliphatic rings. The monoisotopic (exact) mass is 629 g/mol. The van der Waals surface area contributed by atoms with Crippen molar-refractivity contribution >= 4 is 23.8 Å². The molecule has 5 aromatic carbocycles. The van der Waals surface area contributed by atoms with Crippen LogP contribution >= 0.6 is 11.8 Å². The smallest absolute Gasteiger partial charge is 0.407 e. The van der Waals surface area contributed by atoms with E-state index in [0.29, 0.717) is 0 Å². The summed E-state index contributed by atoms with van der Waals surface area (Å²) in [7, 11) is 2.96. The molecule has 1 aliphatic carbocycles. The first-order chi connectivity index (χ1) is 22.5. The van der Waals surface area contributed by atoms with Gasteiger partial charge in [-0.25, -0.2) is 9.59 Å². The number of alkyl carbamates (subject to hydrolysis) is 1. The summed E-state index contributed by atoms with van der Waals surface area (Å²) in [5.74, 6) is 0.314. The van der Waals surface area contributed by atoms with Crippen LogP contribution < -0.4 is 10.1 Å². The van der Waals surface area contributed by atoms with Crippen LogP contribution in [0.15, 0.2) is 133 Å². The van der Waals surface area contributed by atoms with E-state index in [-0.39, 0.29) is 18.3 Å². The highest BCUT2D eigenvalue weighted by atomic mass is 32.2. The summed E-state index contributed by atoms with van der Waals surface area (Å²) >= 11 is 1.55. The molecule has 1 amide bonds. The van der Waals surface area contributed by atoms with Gasteiger partial charge in [-0.3, -0.25) is 0 Å². The van der Waals surface area contributed by atoms with Crippen LogP contribution in [0.4, 0.5) is 4.79 Å². The lowest BCUT2D eigenvalue weighted by molar-refractivity contribution is -0.142. The van der Waals surface area contributed by atoms with Gasteiger partial charge in [0.1, 0.15) is 18.4 Å². The number of esters is 1. The predicted octanol–water partition coefficient (Wildman–Crippen LogP) is 7.80. The van der Waals surface area contributed by atoms with Gasteiger partial charge in [0.15, 0.2) is 0 Å². The first kappa shape index (κ1) is 31.0. The van der Waals surface area contributed by atoms with Crippen molar-refractivity contribution < 1.29 is 23.8 Å². The molecule has 5 aromatic rings. The maximum atomic E-state index is 13.3. The molecule has 0 spiro atoms. The second-order valence-electron chi connectivity index (χ2n) is 11.0. The molecule has 0 radical (unpaired) electrons. The van der Waals surface area contributed by atoms with Gasteiger partial charge in [0.05, 0.1) is 19.0 Å². The van der Waals surface area contributed by atoms with E-state index in [0.717, 1.165) is 44.7 Å². The Hall–Kier alpha value is -5.01. The zero-order valence-electron chi connectivity index (χ0n) is 25.7. The fourth-order valence-corrected chi connectivity index (χ4v) is 7.77. The van der Waals surface area contributed by atoms with Crippen molar-refractivity contribution in [2.75, 3.05) is 26.6 Å². The number of carbonyl (C=O) groups excluding carboxylic acids is 2. The Morgan fingerprint density at radius 2 is 1.20 bits per heavy atom. The molecule has 46 heavy (non-hydrogen) atoms. The molecule has 0 aliphatic heterocycles. The average molecular weight is 630 g/mol. The van der Waals surface area contributed by atoms with E-state index in [1.54, 1.807) is 18.9 Å². The van der Waals surface area contributed by atoms with Crippen LogP contribution in [0, 0.1) is 0 Å². The van der Waals surface area contributed by atoms with E-state index >= 15 is 0 Å². The van der Waals surface area contributed by atoms with Gasteiger partial charge >= 0.3 is 12.1 Å². The summed E-state index contributed by atoms with van der Waals surface area (Å²) in [4.78, 5) is 26.4. The van der Waals surface area contributed by atoms with Crippen LogP contribution in [0.25, 0.3) is 11.1 Å². The summed E-state index contributed by atoms with van der Waals surface area (Å²) in [6.07, 6.45) is -0.674. The summed E-state index contributed by atoms with van der Waals surface area (Å²) < 4.78 is 15.7. The van der Waals surface area contributed by atoms with Crippen molar-refractivity contribution in [1.82, 2.24) is 5.32 Å². The van der Waals surface area contributed by atoms with Crippen molar-refractivity contribution in [2.45, 2.75) is 16.7 Å². The van der Waals surface area contributed by atoms with E-state index < -0.39 is 22.9 Å². The van der Waals surface area contributed by atoms with E-state index in [9.17, 15) is 9.59 Å². The molecule has 0 saturated carbocycles. The lowest BCUT2D eigenvalue weighted by Crippen LogP contribution is -2.45. The summed E-state index contributed by atoms with van der Waals surface area (Å²) in [5, 5.41) is 2.81. The topological polar surface area (TPSA) is 73.9 Å². The molecule has 232 valence electrons. The number of fused-ring (bicyclic) bond motifs is 3. The highest BCUT2D eigenvalue weighted by Gasteiger charge is 2.39. The lowest BCUT2D eigenvalue weighted by atomic mass is 9.84. The Bertz CT molecular complexity index is 1710. The van der Waals surface area contributed by atoms with Crippen molar-refractivity contribution in [3.05, 3.63) is 161 Å². The third-order valence-corrected chi connectivity index (χ3v) is 10.1. The van der Waals surface area contributed by atoms with Crippen LogP contribution in [-0.4, -0.2) is 44.7 Å². The Morgan fingerprint density at radius 3 is 1.72 bits per heavy atom. The first-order valence-electron chi connectivity index (χ1n) is 15.1. The first-order valence-corrected chi connectivity index (χ1v) is 16.1. The van der Waals surface area contributed by atoms with Gasteiger partial charge < -0.3 is 19.5 Å². The highest BCUT2D eigenvalue weighted by Crippen LogP contribution is 2.49. The van der Waals surface area contributed by atoms with Gasteiger partial charge in [0.25, 0.3) is 0 Å². The zero-order valence-corrected chi connectivity index (χ0v) is 26.5. The molecule has 6 nitrogen and oxygen atoms in total. The Labute approximate surface area is 273 Å². The molecule has 0 aromatic heterocycles. The van der Waals surface area contributed by atoms with E-state index in [4.69, 9.17) is 14.2 Å². The van der Waals surface area contributed by atoms with Crippen LogP contribution in [-0.2, 0) is 19.0 Å². The zero-order chi connectivity index (χ0) is 31.9. The minimum Gasteiger partial charge on any atom is -0.497 e. The molecular weight excluding hydrogens is 594 g/mol. The van der Waals surface area contributed by atoms with Crippen LogP contribution in [0.3, 0.4) is 0 Å². The number of benzene rings is 5. The van der Waals surface area contributed by atoms with E-state index in [1.807, 2.05) is 84.9 Å². The molecule has 0 bridgehead atoms. The Balaban J connectivity index is 1.26. The predicted molar refractivity (Wildman–Crippen MR) is 182 cm³/mol. The third kappa shape index (κ3) is 6.11. The van der Waals surface area contributed by atoms with Crippen molar-refractivity contribution in [2.24, 2.45) is 0 Å². The van der Waals surface area contributed by atoms with Crippen molar-refractivity contribution in [3.63, 3.8) is 0 Å². The maximum Gasteiger partial charge on any atom is 0.407 e. The molecule has 7 heteroatoms. The molecule has 0 unspecified atom stereocenters. The fraction of sp³-hybridized carbons (Fsp3) is 0.179.